The van der Waals surface area contributed by atoms with Gasteiger partial charge < -0.3 is 20.5 Å². The molecule has 26 heavy (non-hydrogen) atoms. The van der Waals surface area contributed by atoms with E-state index in [-0.39, 0.29) is 0 Å². The summed E-state index contributed by atoms with van der Waals surface area (Å²) in [5.41, 5.74) is 6.66. The maximum atomic E-state index is 11.1. The Morgan fingerprint density at radius 2 is 2.04 bits per heavy atom. The molecule has 1 heterocycles. The number of pyridine rings is 1. The number of amides is 1. The molecule has 1 amide bonds. The largest absolute Gasteiger partial charge is 0.493 e. The van der Waals surface area contributed by atoms with E-state index in [9.17, 15) is 4.79 Å². The first-order chi connectivity index (χ1) is 12.5. The maximum absolute atomic E-state index is 11.1. The van der Waals surface area contributed by atoms with Crippen LogP contribution in [0.4, 0.5) is 0 Å². The lowest BCUT2D eigenvalue weighted by molar-refractivity contribution is 0.1000. The van der Waals surface area contributed by atoms with Crippen LogP contribution in [0.1, 0.15) is 42.6 Å². The van der Waals surface area contributed by atoms with Crippen molar-refractivity contribution in [2.75, 3.05) is 13.7 Å². The van der Waals surface area contributed by atoms with Gasteiger partial charge in [-0.1, -0.05) is 19.9 Å². The van der Waals surface area contributed by atoms with E-state index in [1.54, 1.807) is 19.2 Å². The zero-order valence-electron chi connectivity index (χ0n) is 15.6. The average molecular weight is 357 g/mol. The SMILES string of the molecule is COc1cc(CNCCCC(C)C)ccc1Oc1ccc(C(N)=O)cn1. The van der Waals surface area contributed by atoms with Crippen LogP contribution in [0.3, 0.4) is 0 Å². The number of hydrogen-bond acceptors (Lipinski definition) is 5. The van der Waals surface area contributed by atoms with E-state index >= 15 is 0 Å². The molecule has 0 aliphatic heterocycles. The molecule has 2 aromatic rings. The fourth-order valence-electron chi connectivity index (χ4n) is 2.47. The normalized spacial score (nSPS) is 10.8. The van der Waals surface area contributed by atoms with Crippen molar-refractivity contribution in [1.82, 2.24) is 10.3 Å². The zero-order valence-corrected chi connectivity index (χ0v) is 15.6. The van der Waals surface area contributed by atoms with Gasteiger partial charge in [0.2, 0.25) is 11.8 Å². The number of carbonyl (C=O) groups excluding carboxylic acids is 1. The molecule has 0 saturated heterocycles. The molecule has 0 spiro atoms. The van der Waals surface area contributed by atoms with Gasteiger partial charge in [-0.2, -0.15) is 0 Å². The second kappa shape index (κ2) is 9.77. The van der Waals surface area contributed by atoms with Gasteiger partial charge in [0.15, 0.2) is 11.5 Å². The Morgan fingerprint density at radius 3 is 2.65 bits per heavy atom. The fraction of sp³-hybridized carbons (Fsp3) is 0.400. The van der Waals surface area contributed by atoms with Crippen LogP contribution < -0.4 is 20.5 Å². The third kappa shape index (κ3) is 6.04. The summed E-state index contributed by atoms with van der Waals surface area (Å²) >= 11 is 0. The number of methoxy groups -OCH3 is 1. The third-order valence-electron chi connectivity index (χ3n) is 3.93. The highest BCUT2D eigenvalue weighted by Crippen LogP contribution is 2.31. The van der Waals surface area contributed by atoms with E-state index in [0.29, 0.717) is 22.9 Å². The summed E-state index contributed by atoms with van der Waals surface area (Å²) in [4.78, 5) is 15.2. The molecule has 0 saturated carbocycles. The van der Waals surface area contributed by atoms with Crippen LogP contribution in [0, 0.1) is 5.92 Å². The summed E-state index contributed by atoms with van der Waals surface area (Å²) in [5, 5.41) is 3.44. The summed E-state index contributed by atoms with van der Waals surface area (Å²) < 4.78 is 11.2. The quantitative estimate of drug-likeness (QED) is 0.636. The van der Waals surface area contributed by atoms with Gasteiger partial charge in [-0.3, -0.25) is 4.79 Å². The molecule has 140 valence electrons. The number of aromatic nitrogens is 1. The Labute approximate surface area is 154 Å². The standard InChI is InChI=1S/C20H27N3O3/c1-14(2)5-4-10-22-12-15-6-8-17(18(11-15)25-3)26-19-9-7-16(13-23-19)20(21)24/h6-9,11,13-14,22H,4-5,10,12H2,1-3H3,(H2,21,24). The van der Waals surface area contributed by atoms with Gasteiger partial charge in [-0.05, 0) is 49.1 Å². The van der Waals surface area contributed by atoms with Crippen LogP contribution in [0.25, 0.3) is 0 Å². The smallest absolute Gasteiger partial charge is 0.250 e. The predicted octanol–water partition coefficient (Wildman–Crippen LogP) is 3.51. The molecule has 1 aromatic carbocycles. The van der Waals surface area contributed by atoms with Crippen molar-refractivity contribution in [1.29, 1.82) is 0 Å². The first-order valence-corrected chi connectivity index (χ1v) is 8.81. The van der Waals surface area contributed by atoms with Crippen LogP contribution in [0.15, 0.2) is 36.5 Å². The molecule has 0 bridgehead atoms. The minimum Gasteiger partial charge on any atom is -0.493 e. The lowest BCUT2D eigenvalue weighted by atomic mass is 10.1. The number of rotatable bonds is 10. The monoisotopic (exact) mass is 357 g/mol. The topological polar surface area (TPSA) is 86.5 Å². The van der Waals surface area contributed by atoms with Crippen LogP contribution in [-0.2, 0) is 6.54 Å². The Hall–Kier alpha value is -2.60. The highest BCUT2D eigenvalue weighted by Gasteiger charge is 2.09. The molecule has 0 fully saturated rings. The van der Waals surface area contributed by atoms with Gasteiger partial charge in [-0.15, -0.1) is 0 Å². The van der Waals surface area contributed by atoms with E-state index in [4.69, 9.17) is 15.2 Å². The molecule has 2 rings (SSSR count). The van der Waals surface area contributed by atoms with Crippen molar-refractivity contribution in [2.45, 2.75) is 33.2 Å². The lowest BCUT2D eigenvalue weighted by Gasteiger charge is -2.12. The molecule has 1 aromatic heterocycles. The highest BCUT2D eigenvalue weighted by atomic mass is 16.5. The molecule has 0 radical (unpaired) electrons. The Bertz CT molecular complexity index is 715. The van der Waals surface area contributed by atoms with Crippen molar-refractivity contribution in [3.63, 3.8) is 0 Å². The van der Waals surface area contributed by atoms with Gasteiger partial charge in [0.05, 0.1) is 12.7 Å². The first-order valence-electron chi connectivity index (χ1n) is 8.81. The highest BCUT2D eigenvalue weighted by molar-refractivity contribution is 5.92. The number of nitrogens with one attached hydrogen (secondary N) is 1. The number of hydrogen-bond donors (Lipinski definition) is 2. The Balaban J connectivity index is 1.96. The molecular formula is C20H27N3O3. The summed E-state index contributed by atoms with van der Waals surface area (Å²) in [5.74, 6) is 1.78. The average Bonchev–Trinajstić information content (AvgIpc) is 2.62. The second-order valence-electron chi connectivity index (χ2n) is 6.55. The molecule has 3 N–H and O–H groups in total. The molecule has 6 nitrogen and oxygen atoms in total. The zero-order chi connectivity index (χ0) is 18.9. The van der Waals surface area contributed by atoms with Gasteiger partial charge in [0.25, 0.3) is 0 Å². The Morgan fingerprint density at radius 1 is 1.23 bits per heavy atom. The number of benzene rings is 1. The van der Waals surface area contributed by atoms with E-state index in [1.165, 1.54) is 19.0 Å². The first kappa shape index (κ1) is 19.7. The van der Waals surface area contributed by atoms with Gasteiger partial charge >= 0.3 is 0 Å². The van der Waals surface area contributed by atoms with Crippen LogP contribution in [0.2, 0.25) is 0 Å². The number of ether oxygens (including phenoxy) is 2. The van der Waals surface area contributed by atoms with Crippen molar-refractivity contribution >= 4 is 5.91 Å². The van der Waals surface area contributed by atoms with Crippen molar-refractivity contribution < 1.29 is 14.3 Å². The van der Waals surface area contributed by atoms with Crippen LogP contribution in [-0.4, -0.2) is 24.5 Å². The number of primary amides is 1. The number of carbonyl (C=O) groups is 1. The summed E-state index contributed by atoms with van der Waals surface area (Å²) in [6, 6.07) is 8.97. The Kier molecular flexibility index (Phi) is 7.41. The van der Waals surface area contributed by atoms with Crippen molar-refractivity contribution in [2.24, 2.45) is 11.7 Å². The minimum atomic E-state index is -0.521. The molecule has 6 heteroatoms. The van der Waals surface area contributed by atoms with Crippen LogP contribution in [0.5, 0.6) is 17.4 Å². The van der Waals surface area contributed by atoms with Gasteiger partial charge in [0.1, 0.15) is 0 Å². The van der Waals surface area contributed by atoms with Gasteiger partial charge in [0, 0.05) is 18.8 Å². The van der Waals surface area contributed by atoms with Crippen molar-refractivity contribution in [3.8, 4) is 17.4 Å². The maximum Gasteiger partial charge on any atom is 0.250 e. The third-order valence-corrected chi connectivity index (χ3v) is 3.93. The molecule has 0 atom stereocenters. The van der Waals surface area contributed by atoms with E-state index in [2.05, 4.69) is 24.1 Å². The summed E-state index contributed by atoms with van der Waals surface area (Å²) in [7, 11) is 1.60. The predicted molar refractivity (Wildman–Crippen MR) is 102 cm³/mol. The molecule has 0 unspecified atom stereocenters. The molecular weight excluding hydrogens is 330 g/mol. The molecule has 0 aliphatic rings. The minimum absolute atomic E-state index is 0.336. The van der Waals surface area contributed by atoms with E-state index in [0.717, 1.165) is 24.6 Å². The van der Waals surface area contributed by atoms with E-state index < -0.39 is 5.91 Å². The second-order valence-corrected chi connectivity index (χ2v) is 6.55. The van der Waals surface area contributed by atoms with E-state index in [1.807, 2.05) is 18.2 Å². The van der Waals surface area contributed by atoms with Gasteiger partial charge in [-0.25, -0.2) is 4.98 Å². The molecule has 0 aliphatic carbocycles. The van der Waals surface area contributed by atoms with Crippen LogP contribution >= 0.6 is 0 Å². The van der Waals surface area contributed by atoms with Crippen molar-refractivity contribution in [3.05, 3.63) is 47.7 Å². The number of nitrogens with two attached hydrogens (primary N) is 1. The summed E-state index contributed by atoms with van der Waals surface area (Å²) in [6.07, 6.45) is 3.78. The number of nitrogens with zero attached hydrogens (tertiary/aromatic N) is 1. The lowest BCUT2D eigenvalue weighted by Crippen LogP contribution is -2.15. The summed E-state index contributed by atoms with van der Waals surface area (Å²) in [6.45, 7) is 6.24. The fourth-order valence-corrected chi connectivity index (χ4v) is 2.47.